The summed E-state index contributed by atoms with van der Waals surface area (Å²) in [6.45, 7) is 2.01. The van der Waals surface area contributed by atoms with E-state index in [4.69, 9.17) is 10.5 Å². The van der Waals surface area contributed by atoms with Crippen molar-refractivity contribution in [3.8, 4) is 6.07 Å². The first-order valence-electron chi connectivity index (χ1n) is 10.6. The Hall–Kier alpha value is -4.09. The van der Waals surface area contributed by atoms with E-state index < -0.39 is 21.8 Å². The second kappa shape index (κ2) is 8.04. The van der Waals surface area contributed by atoms with Crippen LogP contribution in [0.25, 0.3) is 5.76 Å². The Morgan fingerprint density at radius 1 is 1.06 bits per heavy atom. The van der Waals surface area contributed by atoms with Crippen molar-refractivity contribution in [2.24, 2.45) is 5.73 Å². The number of fused-ring (bicyclic) bond motifs is 2. The maximum atomic E-state index is 15.0. The molecule has 0 aliphatic carbocycles. The summed E-state index contributed by atoms with van der Waals surface area (Å²) >= 11 is 0. The van der Waals surface area contributed by atoms with Crippen LogP contribution in [0.4, 0.5) is 10.1 Å². The Bertz CT molecular complexity index is 1520. The molecule has 8 heteroatoms. The maximum absolute atomic E-state index is 15.0. The van der Waals surface area contributed by atoms with Crippen molar-refractivity contribution in [1.82, 2.24) is 0 Å². The minimum Gasteiger partial charge on any atom is -0.439 e. The number of rotatable bonds is 3. The fourth-order valence-corrected chi connectivity index (χ4v) is 6.26. The Morgan fingerprint density at radius 2 is 1.74 bits per heavy atom. The van der Waals surface area contributed by atoms with Gasteiger partial charge in [-0.05, 0) is 30.7 Å². The molecule has 170 valence electrons. The van der Waals surface area contributed by atoms with E-state index in [1.54, 1.807) is 30.3 Å². The van der Waals surface area contributed by atoms with Crippen LogP contribution < -0.4 is 10.0 Å². The molecule has 2 aliphatic heterocycles. The van der Waals surface area contributed by atoms with E-state index in [-0.39, 0.29) is 34.2 Å². The first-order chi connectivity index (χ1) is 16.3. The molecule has 0 bridgehead atoms. The molecule has 34 heavy (non-hydrogen) atoms. The number of aryl methyl sites for hydroxylation is 1. The van der Waals surface area contributed by atoms with Crippen LogP contribution in [0.5, 0.6) is 0 Å². The van der Waals surface area contributed by atoms with Gasteiger partial charge in [-0.25, -0.2) is 12.8 Å². The molecule has 0 saturated carbocycles. The van der Waals surface area contributed by atoms with Crippen molar-refractivity contribution < 1.29 is 17.5 Å². The highest BCUT2D eigenvalue weighted by Gasteiger charge is 2.47. The third-order valence-electron chi connectivity index (χ3n) is 6.02. The number of nitriles is 1. The molecule has 0 amide bonds. The molecule has 0 aromatic heterocycles. The number of hydrogen-bond donors (Lipinski definition) is 1. The van der Waals surface area contributed by atoms with E-state index in [0.29, 0.717) is 11.3 Å². The van der Waals surface area contributed by atoms with Gasteiger partial charge in [0, 0.05) is 11.1 Å². The third-order valence-corrected chi connectivity index (χ3v) is 7.90. The zero-order valence-electron chi connectivity index (χ0n) is 18.2. The number of nitrogens with zero attached hydrogens (tertiary/aromatic N) is 2. The van der Waals surface area contributed by atoms with Crippen LogP contribution >= 0.6 is 0 Å². The number of sulfonamides is 1. The Kier molecular flexibility index (Phi) is 5.14. The average Bonchev–Trinajstić information content (AvgIpc) is 2.82. The number of halogens is 1. The Balaban J connectivity index is 1.77. The molecule has 2 heterocycles. The smallest absolute Gasteiger partial charge is 0.265 e. The first-order valence-corrected chi connectivity index (χ1v) is 12.0. The first kappa shape index (κ1) is 21.7. The van der Waals surface area contributed by atoms with Crippen molar-refractivity contribution in [2.45, 2.75) is 19.4 Å². The van der Waals surface area contributed by atoms with Gasteiger partial charge >= 0.3 is 0 Å². The van der Waals surface area contributed by atoms with Crippen molar-refractivity contribution in [2.75, 3.05) is 4.31 Å². The number of allylic oxidation sites excluding steroid dienone is 2. The summed E-state index contributed by atoms with van der Waals surface area (Å²) in [6.07, 6.45) is 0. The Labute approximate surface area is 197 Å². The van der Waals surface area contributed by atoms with Crippen LogP contribution in [0.15, 0.2) is 89.2 Å². The maximum Gasteiger partial charge on any atom is 0.265 e. The zero-order chi connectivity index (χ0) is 24.0. The monoisotopic (exact) mass is 473 g/mol. The van der Waals surface area contributed by atoms with Gasteiger partial charge in [-0.2, -0.15) is 5.26 Å². The molecular weight excluding hydrogens is 453 g/mol. The van der Waals surface area contributed by atoms with Crippen LogP contribution in [0.1, 0.15) is 28.2 Å². The van der Waals surface area contributed by atoms with Gasteiger partial charge in [0.1, 0.15) is 22.4 Å². The van der Waals surface area contributed by atoms with E-state index in [9.17, 15) is 18.1 Å². The summed E-state index contributed by atoms with van der Waals surface area (Å²) in [5.41, 5.74) is 8.70. The van der Waals surface area contributed by atoms with Gasteiger partial charge in [-0.15, -0.1) is 0 Å². The van der Waals surface area contributed by atoms with Gasteiger partial charge in [0.25, 0.3) is 10.0 Å². The predicted octanol–water partition coefficient (Wildman–Crippen LogP) is 4.66. The van der Waals surface area contributed by atoms with E-state index in [1.165, 1.54) is 22.5 Å². The lowest BCUT2D eigenvalue weighted by Gasteiger charge is -2.38. The summed E-state index contributed by atoms with van der Waals surface area (Å²) in [5.74, 6) is -2.11. The SMILES string of the molecule is Cc1ccc(CN2c3ccccc3C3=C([C@H](c4ccccc4F)C(C#N)=C(N)O3)S2(=O)=O)cc1. The molecule has 2 aliphatic rings. The lowest BCUT2D eigenvalue weighted by Crippen LogP contribution is -2.39. The van der Waals surface area contributed by atoms with Crippen LogP contribution in [-0.4, -0.2) is 8.42 Å². The van der Waals surface area contributed by atoms with Gasteiger partial charge in [0.2, 0.25) is 5.88 Å². The number of nitrogens with two attached hydrogens (primary N) is 1. The van der Waals surface area contributed by atoms with Crippen LogP contribution in [0, 0.1) is 24.1 Å². The summed E-state index contributed by atoms with van der Waals surface area (Å²) in [6, 6.07) is 22.2. The quantitative estimate of drug-likeness (QED) is 0.597. The molecule has 0 fully saturated rings. The second-order valence-electron chi connectivity index (χ2n) is 8.15. The molecule has 5 rings (SSSR count). The van der Waals surface area contributed by atoms with Gasteiger partial charge in [-0.3, -0.25) is 4.31 Å². The largest absolute Gasteiger partial charge is 0.439 e. The third kappa shape index (κ3) is 3.33. The highest BCUT2D eigenvalue weighted by Crippen LogP contribution is 2.51. The minimum absolute atomic E-state index is 0.0144. The molecule has 6 nitrogen and oxygen atoms in total. The fourth-order valence-electron chi connectivity index (χ4n) is 4.36. The summed E-state index contributed by atoms with van der Waals surface area (Å²) in [5, 5.41) is 9.85. The molecule has 0 spiro atoms. The molecule has 2 N–H and O–H groups in total. The number of anilines is 1. The average molecular weight is 474 g/mol. The zero-order valence-corrected chi connectivity index (χ0v) is 19.0. The number of benzene rings is 3. The van der Waals surface area contributed by atoms with Gasteiger partial charge in [-0.1, -0.05) is 60.2 Å². The predicted molar refractivity (Wildman–Crippen MR) is 127 cm³/mol. The lowest BCUT2D eigenvalue weighted by molar-refractivity contribution is 0.357. The summed E-state index contributed by atoms with van der Waals surface area (Å²) in [4.78, 5) is -0.200. The highest BCUT2D eigenvalue weighted by atomic mass is 32.2. The van der Waals surface area contributed by atoms with Crippen molar-refractivity contribution in [3.63, 3.8) is 0 Å². The van der Waals surface area contributed by atoms with Crippen molar-refractivity contribution in [3.05, 3.63) is 117 Å². The molecule has 3 aromatic carbocycles. The van der Waals surface area contributed by atoms with E-state index >= 15 is 0 Å². The van der Waals surface area contributed by atoms with Crippen LogP contribution in [-0.2, 0) is 21.3 Å². The molecule has 0 radical (unpaired) electrons. The van der Waals surface area contributed by atoms with E-state index in [0.717, 1.165) is 11.1 Å². The van der Waals surface area contributed by atoms with Gasteiger partial charge in [0.05, 0.1) is 18.2 Å². The number of para-hydroxylation sites is 1. The number of ether oxygens (including phenoxy) is 1. The van der Waals surface area contributed by atoms with E-state index in [1.807, 2.05) is 37.3 Å². The topological polar surface area (TPSA) is 96.4 Å². The Morgan fingerprint density at radius 3 is 2.44 bits per heavy atom. The molecule has 3 aromatic rings. The van der Waals surface area contributed by atoms with Crippen molar-refractivity contribution >= 4 is 21.5 Å². The van der Waals surface area contributed by atoms with Gasteiger partial charge in [0.15, 0.2) is 5.76 Å². The second-order valence-corrected chi connectivity index (χ2v) is 9.98. The fraction of sp³-hybridized carbons (Fsp3) is 0.115. The highest BCUT2D eigenvalue weighted by molar-refractivity contribution is 7.96. The standard InChI is InChI=1S/C26H20FN3O3S/c1-16-10-12-17(13-11-16)15-30-22-9-5-3-7-19(22)24-25(34(30,31)32)23(20(14-28)26(29)33-24)18-6-2-4-8-21(18)27/h2-13,23H,15,29H2,1H3/t23-/m1/s1. The molecule has 1 atom stereocenters. The molecule has 0 unspecified atom stereocenters. The molecular formula is C26H20FN3O3S. The molecule has 0 saturated heterocycles. The van der Waals surface area contributed by atoms with Crippen LogP contribution in [0.2, 0.25) is 0 Å². The lowest BCUT2D eigenvalue weighted by atomic mass is 9.88. The number of hydrogen-bond acceptors (Lipinski definition) is 5. The minimum atomic E-state index is -4.25. The van der Waals surface area contributed by atoms with Crippen molar-refractivity contribution in [1.29, 1.82) is 5.26 Å². The summed E-state index contributed by atoms with van der Waals surface area (Å²) in [7, 11) is -4.25. The normalized spacial score (nSPS) is 18.6. The summed E-state index contributed by atoms with van der Waals surface area (Å²) < 4.78 is 50.3. The van der Waals surface area contributed by atoms with Gasteiger partial charge < -0.3 is 10.5 Å². The van der Waals surface area contributed by atoms with Crippen LogP contribution in [0.3, 0.4) is 0 Å². The van der Waals surface area contributed by atoms with E-state index in [2.05, 4.69) is 0 Å².